The molecule has 152 valence electrons. The first kappa shape index (κ1) is 23.6. The second-order valence-electron chi connectivity index (χ2n) is 6.69. The lowest BCUT2D eigenvalue weighted by atomic mass is 10.0. The number of hydrogen-bond donors (Lipinski definition) is 4. The number of ether oxygens (including phenoxy) is 1. The van der Waals surface area contributed by atoms with E-state index in [1.807, 2.05) is 31.2 Å². The molecule has 3 atom stereocenters. The fourth-order valence-electron chi connectivity index (χ4n) is 3.34. The van der Waals surface area contributed by atoms with E-state index in [-0.39, 0.29) is 37.8 Å². The van der Waals surface area contributed by atoms with Gasteiger partial charge in [-0.2, -0.15) is 0 Å². The van der Waals surface area contributed by atoms with Gasteiger partial charge in [0.2, 0.25) is 0 Å². The molecule has 3 unspecified atom stereocenters. The number of aliphatic hydroxyl groups is 2. The number of nitrogens with zero attached hydrogens (tertiary/aromatic N) is 1. The van der Waals surface area contributed by atoms with Crippen molar-refractivity contribution in [2.45, 2.75) is 45.4 Å². The summed E-state index contributed by atoms with van der Waals surface area (Å²) >= 11 is 0. The van der Waals surface area contributed by atoms with Gasteiger partial charge in [-0.3, -0.25) is 0 Å². The number of nitrogens with two attached hydrogens (primary N) is 2. The van der Waals surface area contributed by atoms with Gasteiger partial charge in [-0.25, -0.2) is 0 Å². The van der Waals surface area contributed by atoms with E-state index < -0.39 is 6.04 Å². The van der Waals surface area contributed by atoms with E-state index in [4.69, 9.17) is 16.2 Å². The first-order chi connectivity index (χ1) is 12.4. The average molecular weight is 398 g/mol. The Balaban J connectivity index is 0.00000364. The lowest BCUT2D eigenvalue weighted by Crippen LogP contribution is -2.33. The molecular weight excluding hydrogens is 366 g/mol. The van der Waals surface area contributed by atoms with Gasteiger partial charge in [0.15, 0.2) is 0 Å². The molecule has 7 heteroatoms. The van der Waals surface area contributed by atoms with Gasteiger partial charge in [0, 0.05) is 29.7 Å². The Morgan fingerprint density at radius 1 is 1.07 bits per heavy atom. The van der Waals surface area contributed by atoms with Crippen molar-refractivity contribution in [3.05, 3.63) is 52.8 Å². The third-order valence-corrected chi connectivity index (χ3v) is 4.68. The minimum atomic E-state index is -0.456. The summed E-state index contributed by atoms with van der Waals surface area (Å²) < 4.78 is 7.88. The SMILES string of the molecule is CCOC(c1ccc(-n2c(C)cc(CC(N)CO)c2C)cc1)C(N)CO.Cl. The third-order valence-electron chi connectivity index (χ3n) is 4.68. The molecule has 0 aliphatic heterocycles. The summed E-state index contributed by atoms with van der Waals surface area (Å²) in [4.78, 5) is 0. The molecule has 0 saturated heterocycles. The fourth-order valence-corrected chi connectivity index (χ4v) is 3.34. The average Bonchev–Trinajstić information content (AvgIpc) is 2.92. The highest BCUT2D eigenvalue weighted by Crippen LogP contribution is 2.25. The van der Waals surface area contributed by atoms with Gasteiger partial charge in [0.05, 0.1) is 25.4 Å². The summed E-state index contributed by atoms with van der Waals surface area (Å²) in [7, 11) is 0. The van der Waals surface area contributed by atoms with Crippen molar-refractivity contribution in [1.82, 2.24) is 4.57 Å². The van der Waals surface area contributed by atoms with Crippen LogP contribution >= 0.6 is 12.4 Å². The lowest BCUT2D eigenvalue weighted by molar-refractivity contribution is 0.0277. The molecule has 2 rings (SSSR count). The molecule has 2 aromatic rings. The minimum absolute atomic E-state index is 0. The maximum absolute atomic E-state index is 9.36. The van der Waals surface area contributed by atoms with Crippen molar-refractivity contribution in [2.24, 2.45) is 11.5 Å². The standard InChI is InChI=1S/C20H31N3O3.ClH/c1-4-26-20(19(22)12-25)15-5-7-18(8-6-15)23-13(2)9-16(14(23)3)10-17(21)11-24;/h5-9,17,19-20,24-25H,4,10-12,21-22H2,1-3H3;1H. The molecule has 0 amide bonds. The van der Waals surface area contributed by atoms with Crippen LogP contribution < -0.4 is 11.5 Å². The molecule has 1 aromatic heterocycles. The highest BCUT2D eigenvalue weighted by molar-refractivity contribution is 5.85. The maximum atomic E-state index is 9.36. The van der Waals surface area contributed by atoms with Crippen molar-refractivity contribution >= 4 is 12.4 Å². The zero-order valence-corrected chi connectivity index (χ0v) is 17.1. The normalized spacial score (nSPS) is 14.5. The van der Waals surface area contributed by atoms with E-state index in [1.54, 1.807) is 0 Å². The van der Waals surface area contributed by atoms with Crippen LogP contribution in [0.1, 0.15) is 35.5 Å². The van der Waals surface area contributed by atoms with Gasteiger partial charge < -0.3 is 31.0 Å². The number of aliphatic hydroxyl groups excluding tert-OH is 2. The molecule has 1 heterocycles. The highest BCUT2D eigenvalue weighted by Gasteiger charge is 2.20. The molecule has 1 aromatic carbocycles. The molecule has 0 aliphatic rings. The number of hydrogen-bond acceptors (Lipinski definition) is 5. The Kier molecular flexibility index (Phi) is 9.45. The van der Waals surface area contributed by atoms with E-state index in [1.165, 1.54) is 0 Å². The molecule has 6 nitrogen and oxygen atoms in total. The maximum Gasteiger partial charge on any atom is 0.0998 e. The quantitative estimate of drug-likeness (QED) is 0.516. The second kappa shape index (κ2) is 10.8. The molecule has 27 heavy (non-hydrogen) atoms. The molecule has 0 bridgehead atoms. The van der Waals surface area contributed by atoms with Crippen LogP contribution in [0.15, 0.2) is 30.3 Å². The van der Waals surface area contributed by atoms with Crippen LogP contribution in [0.2, 0.25) is 0 Å². The van der Waals surface area contributed by atoms with Crippen molar-refractivity contribution in [2.75, 3.05) is 19.8 Å². The van der Waals surface area contributed by atoms with Crippen LogP contribution in [-0.4, -0.2) is 46.7 Å². The molecule has 0 radical (unpaired) electrons. The van der Waals surface area contributed by atoms with Crippen molar-refractivity contribution in [3.63, 3.8) is 0 Å². The van der Waals surface area contributed by atoms with Gasteiger partial charge >= 0.3 is 0 Å². The topological polar surface area (TPSA) is 107 Å². The van der Waals surface area contributed by atoms with Gasteiger partial charge in [-0.1, -0.05) is 12.1 Å². The fraction of sp³-hybridized carbons (Fsp3) is 0.500. The summed E-state index contributed by atoms with van der Waals surface area (Å²) in [6.45, 7) is 6.41. The smallest absolute Gasteiger partial charge is 0.0998 e. The Morgan fingerprint density at radius 3 is 2.22 bits per heavy atom. The Morgan fingerprint density at radius 2 is 1.70 bits per heavy atom. The number of rotatable bonds is 9. The summed E-state index contributed by atoms with van der Waals surface area (Å²) in [5, 5.41) is 18.6. The van der Waals surface area contributed by atoms with Crippen LogP contribution in [0.3, 0.4) is 0 Å². The van der Waals surface area contributed by atoms with E-state index >= 15 is 0 Å². The van der Waals surface area contributed by atoms with Crippen LogP contribution in [0.5, 0.6) is 0 Å². The summed E-state index contributed by atoms with van der Waals surface area (Å²) in [5.74, 6) is 0. The first-order valence-electron chi connectivity index (χ1n) is 9.05. The molecule has 0 aliphatic carbocycles. The van der Waals surface area contributed by atoms with Crippen LogP contribution in [0, 0.1) is 13.8 Å². The van der Waals surface area contributed by atoms with Gasteiger partial charge in [-0.15, -0.1) is 12.4 Å². The van der Waals surface area contributed by atoms with Crippen molar-refractivity contribution in [1.29, 1.82) is 0 Å². The van der Waals surface area contributed by atoms with Crippen LogP contribution in [-0.2, 0) is 11.2 Å². The Bertz CT molecular complexity index is 703. The first-order valence-corrected chi connectivity index (χ1v) is 9.05. The van der Waals surface area contributed by atoms with Crippen molar-refractivity contribution in [3.8, 4) is 5.69 Å². The Labute approximate surface area is 167 Å². The van der Waals surface area contributed by atoms with E-state index in [0.717, 1.165) is 28.2 Å². The highest BCUT2D eigenvalue weighted by atomic mass is 35.5. The number of aromatic nitrogens is 1. The summed E-state index contributed by atoms with van der Waals surface area (Å²) in [6, 6.07) is 9.44. The summed E-state index contributed by atoms with van der Waals surface area (Å²) in [5.41, 5.74) is 17.2. The van der Waals surface area contributed by atoms with Gasteiger partial charge in [0.25, 0.3) is 0 Å². The largest absolute Gasteiger partial charge is 0.395 e. The van der Waals surface area contributed by atoms with E-state index in [0.29, 0.717) is 13.0 Å². The number of benzene rings is 1. The second-order valence-corrected chi connectivity index (χ2v) is 6.69. The zero-order chi connectivity index (χ0) is 19.3. The third kappa shape index (κ3) is 5.54. The Hall–Kier alpha value is -1.41. The van der Waals surface area contributed by atoms with Gasteiger partial charge in [-0.05, 0) is 56.5 Å². The molecule has 0 spiro atoms. The minimum Gasteiger partial charge on any atom is -0.395 e. The molecular formula is C20H32ClN3O3. The number of halogens is 1. The lowest BCUT2D eigenvalue weighted by Gasteiger charge is -2.23. The predicted octanol–water partition coefficient (Wildman–Crippen LogP) is 1.78. The van der Waals surface area contributed by atoms with Crippen LogP contribution in [0.25, 0.3) is 5.69 Å². The molecule has 6 N–H and O–H groups in total. The van der Waals surface area contributed by atoms with Crippen molar-refractivity contribution < 1.29 is 14.9 Å². The van der Waals surface area contributed by atoms with E-state index in [9.17, 15) is 10.2 Å². The van der Waals surface area contributed by atoms with Gasteiger partial charge in [0.1, 0.15) is 0 Å². The molecule has 0 saturated carbocycles. The van der Waals surface area contributed by atoms with Crippen LogP contribution in [0.4, 0.5) is 0 Å². The van der Waals surface area contributed by atoms with E-state index in [2.05, 4.69) is 24.5 Å². The predicted molar refractivity (Wildman–Crippen MR) is 111 cm³/mol. The molecule has 0 fully saturated rings. The zero-order valence-electron chi connectivity index (χ0n) is 16.3. The monoisotopic (exact) mass is 397 g/mol. The number of aryl methyl sites for hydroxylation is 1. The summed E-state index contributed by atoms with van der Waals surface area (Å²) in [6.07, 6.45) is 0.315.